The number of para-hydroxylation sites is 3. The fraction of sp³-hybridized carbons (Fsp3) is 0.0526. The maximum Gasteiger partial charge on any atom is 0.151 e. The molecule has 0 spiro atoms. The van der Waals surface area contributed by atoms with E-state index in [2.05, 4.69) is 143 Å². The van der Waals surface area contributed by atoms with Gasteiger partial charge in [-0.15, -0.1) is 35.7 Å². The van der Waals surface area contributed by atoms with Crippen LogP contribution >= 0.6 is 0 Å². The van der Waals surface area contributed by atoms with Crippen LogP contribution in [0.5, 0.6) is 0 Å². The molecule has 0 aliphatic rings. The van der Waals surface area contributed by atoms with Crippen molar-refractivity contribution in [2.75, 3.05) is 19.6 Å². The number of rotatable bonds is 12. The summed E-state index contributed by atoms with van der Waals surface area (Å²) in [5.74, 6) is 9.04. The molecule has 6 aromatic carbocycles. The van der Waals surface area contributed by atoms with E-state index in [0.29, 0.717) is 19.6 Å². The third-order valence-corrected chi connectivity index (χ3v) is 14.2. The van der Waals surface area contributed by atoms with E-state index in [1.54, 1.807) is 0 Å². The van der Waals surface area contributed by atoms with Crippen LogP contribution < -0.4 is 0 Å². The van der Waals surface area contributed by atoms with Crippen LogP contribution in [-0.2, 0) is 0 Å². The van der Waals surface area contributed by atoms with Gasteiger partial charge in [-0.05, 0) is 86.2 Å². The Morgan fingerprint density at radius 3 is 0.886 bits per heavy atom. The standard InChI is InChI=1S/C57H48B9NO3/c1-4-37(58)52(34-19-13-25-46-49(34)31-16-7-10-22-43(31)68-46)55(64)40(61)28-67(29-41(62)56(65)53(38(59)5-2)35-20-14-26-47-50(35)32-17-8-11-23-44(32)69-47)30-42(63)57(66)54(39(60)6-3)36-21-15-27-48-51(36)33-18-9-12-24-45(33)70-48/h1-3,7-27H,28-30,58-66H2/b52-37+,53-38+,54-39+,55-40-,56-41-,57-42-. The minimum Gasteiger partial charge on any atom is -0.456 e. The molecule has 70 heavy (non-hydrogen) atoms. The number of terminal acetylenes is 3. The molecule has 0 atom stereocenters. The van der Waals surface area contributed by atoms with Crippen LogP contribution in [0.25, 0.3) is 82.5 Å². The van der Waals surface area contributed by atoms with E-state index in [0.717, 1.165) is 132 Å². The molecule has 0 radical (unpaired) electrons. The maximum absolute atomic E-state index is 6.37. The van der Waals surface area contributed by atoms with Crippen LogP contribution in [0.15, 0.2) is 190 Å². The van der Waals surface area contributed by atoms with Gasteiger partial charge in [0.05, 0.1) is 0 Å². The van der Waals surface area contributed by atoms with Gasteiger partial charge in [0.25, 0.3) is 0 Å². The first-order valence-electron chi connectivity index (χ1n) is 23.8. The lowest BCUT2D eigenvalue weighted by Crippen LogP contribution is -2.32. The van der Waals surface area contributed by atoms with Crippen molar-refractivity contribution >= 4 is 153 Å². The van der Waals surface area contributed by atoms with E-state index in [9.17, 15) is 0 Å². The highest BCUT2D eigenvalue weighted by molar-refractivity contribution is 6.44. The van der Waals surface area contributed by atoms with Gasteiger partial charge in [-0.3, -0.25) is 4.90 Å². The predicted octanol–water partition coefficient (Wildman–Crippen LogP) is 4.45. The summed E-state index contributed by atoms with van der Waals surface area (Å²) >= 11 is 0. The SMILES string of the molecule is B/C(CN(C/C(B)=C(B)\C(=C(\B)C#C)c1cccc2oc3ccccc3c12)C/C(B)=C(B)\C(=C(\B)C#C)c1cccc2oc3ccccc3c12)=C(B)/C(=C(/B)C#C)c1cccc2oc3ccccc3c12. The molecule has 0 aliphatic carbocycles. The van der Waals surface area contributed by atoms with Crippen molar-refractivity contribution in [3.05, 3.63) is 193 Å². The van der Waals surface area contributed by atoms with Crippen LogP contribution in [0.3, 0.4) is 0 Å². The van der Waals surface area contributed by atoms with Gasteiger partial charge in [0.2, 0.25) is 0 Å². The van der Waals surface area contributed by atoms with Crippen LogP contribution in [0.2, 0.25) is 0 Å². The van der Waals surface area contributed by atoms with Gasteiger partial charge in [-0.1, -0.05) is 125 Å². The second-order valence-electron chi connectivity index (χ2n) is 18.6. The Morgan fingerprint density at radius 2 is 0.614 bits per heavy atom. The first kappa shape index (κ1) is 47.5. The minimum absolute atomic E-state index is 0.648. The number of furan rings is 3. The fourth-order valence-corrected chi connectivity index (χ4v) is 10.4. The van der Waals surface area contributed by atoms with Crippen LogP contribution in [0.4, 0.5) is 0 Å². The first-order valence-corrected chi connectivity index (χ1v) is 23.8. The summed E-state index contributed by atoms with van der Waals surface area (Å²) in [5.41, 5.74) is 20.9. The average Bonchev–Trinajstić information content (AvgIpc) is 4.08. The monoisotopic (exact) mass is 893 g/mol. The Kier molecular flexibility index (Phi) is 13.4. The molecule has 0 unspecified atom stereocenters. The highest BCUT2D eigenvalue weighted by atomic mass is 16.3. The van der Waals surface area contributed by atoms with Crippen molar-refractivity contribution in [1.82, 2.24) is 4.90 Å². The summed E-state index contributed by atoms with van der Waals surface area (Å²) in [6, 6.07) is 43.4. The number of nitrogens with zero attached hydrogens (tertiary/aromatic N) is 1. The number of hydrogen-bond donors (Lipinski definition) is 0. The highest BCUT2D eigenvalue weighted by Crippen LogP contribution is 2.41. The molecule has 0 N–H and O–H groups in total. The van der Waals surface area contributed by atoms with Gasteiger partial charge in [-0.25, -0.2) is 0 Å². The largest absolute Gasteiger partial charge is 0.456 e. The van der Waals surface area contributed by atoms with Crippen LogP contribution in [0.1, 0.15) is 16.7 Å². The van der Waals surface area contributed by atoms with E-state index in [1.807, 2.05) is 78.1 Å². The summed E-state index contributed by atoms with van der Waals surface area (Å²) in [6.07, 6.45) is 18.9. The Labute approximate surface area is 419 Å². The Bertz CT molecular complexity index is 3560. The van der Waals surface area contributed by atoms with Gasteiger partial charge < -0.3 is 13.3 Å². The Morgan fingerprint density at radius 1 is 0.357 bits per heavy atom. The third kappa shape index (κ3) is 8.60. The topological polar surface area (TPSA) is 42.7 Å². The van der Waals surface area contributed by atoms with Gasteiger partial charge in [0.1, 0.15) is 80.6 Å². The molecule has 3 aromatic heterocycles. The van der Waals surface area contributed by atoms with E-state index in [1.165, 1.54) is 16.4 Å². The van der Waals surface area contributed by atoms with Crippen LogP contribution in [0, 0.1) is 37.0 Å². The van der Waals surface area contributed by atoms with Gasteiger partial charge in [-0.2, -0.15) is 0 Å². The lowest BCUT2D eigenvalue weighted by atomic mass is 9.68. The summed E-state index contributed by atoms with van der Waals surface area (Å²) in [7, 11) is 19.4. The quantitative estimate of drug-likeness (QED) is 0.104. The molecule has 0 saturated carbocycles. The molecular formula is C57H48B9NO3. The lowest BCUT2D eigenvalue weighted by molar-refractivity contribution is 0.363. The molecule has 0 amide bonds. The Hall–Kier alpha value is -7.62. The van der Waals surface area contributed by atoms with Crippen molar-refractivity contribution in [2.24, 2.45) is 0 Å². The molecule has 0 saturated heterocycles. The van der Waals surface area contributed by atoms with Crippen molar-refractivity contribution in [1.29, 1.82) is 0 Å². The molecule has 4 nitrogen and oxygen atoms in total. The van der Waals surface area contributed by atoms with E-state index >= 15 is 0 Å². The zero-order valence-electron chi connectivity index (χ0n) is 41.6. The fourth-order valence-electron chi connectivity index (χ4n) is 10.4. The van der Waals surface area contributed by atoms with Crippen molar-refractivity contribution in [2.45, 2.75) is 0 Å². The average molecular weight is 892 g/mol. The summed E-state index contributed by atoms with van der Waals surface area (Å²) in [4.78, 5) is 2.53. The molecule has 0 fully saturated rings. The minimum atomic E-state index is 0.648. The van der Waals surface area contributed by atoms with Crippen molar-refractivity contribution in [3.63, 3.8) is 0 Å². The van der Waals surface area contributed by atoms with Crippen molar-refractivity contribution < 1.29 is 13.3 Å². The number of allylic oxidation sites excluding steroid dienone is 9. The lowest BCUT2D eigenvalue weighted by Gasteiger charge is -2.29. The second-order valence-corrected chi connectivity index (χ2v) is 18.6. The predicted molar refractivity (Wildman–Crippen MR) is 323 cm³/mol. The highest BCUT2D eigenvalue weighted by Gasteiger charge is 2.23. The first-order chi connectivity index (χ1) is 33.8. The summed E-state index contributed by atoms with van der Waals surface area (Å²) in [6.45, 7) is 1.94. The van der Waals surface area contributed by atoms with E-state index in [4.69, 9.17) is 32.5 Å². The summed E-state index contributed by atoms with van der Waals surface area (Å²) < 4.78 is 19.1. The molecule has 0 aliphatic heterocycles. The number of hydrogen-bond acceptors (Lipinski definition) is 4. The van der Waals surface area contributed by atoms with Gasteiger partial charge in [0.15, 0.2) is 23.5 Å². The molecule has 326 valence electrons. The van der Waals surface area contributed by atoms with Gasteiger partial charge >= 0.3 is 0 Å². The van der Waals surface area contributed by atoms with Gasteiger partial charge in [0, 0.05) is 52.0 Å². The van der Waals surface area contributed by atoms with E-state index < -0.39 is 0 Å². The molecule has 13 heteroatoms. The zero-order chi connectivity index (χ0) is 49.4. The molecule has 0 bridgehead atoms. The second kappa shape index (κ2) is 19.8. The van der Waals surface area contributed by atoms with E-state index in [-0.39, 0.29) is 0 Å². The molecule has 9 aromatic rings. The molecule has 3 heterocycles. The number of fused-ring (bicyclic) bond motifs is 9. The molecule has 9 rings (SSSR count). The van der Waals surface area contributed by atoms with Crippen LogP contribution in [-0.4, -0.2) is 95.2 Å². The molecular weight excluding hydrogens is 844 g/mol. The van der Waals surface area contributed by atoms with Crippen molar-refractivity contribution in [3.8, 4) is 37.0 Å². The maximum atomic E-state index is 6.37. The zero-order valence-corrected chi connectivity index (χ0v) is 41.6. The smallest absolute Gasteiger partial charge is 0.151 e. The Balaban J connectivity index is 1.19. The number of benzene rings is 6. The normalized spacial score (nSPS) is 14.1. The third-order valence-electron chi connectivity index (χ3n) is 14.2. The summed E-state index contributed by atoms with van der Waals surface area (Å²) in [5, 5.41) is 6.36.